The van der Waals surface area contributed by atoms with Crippen LogP contribution in [0.2, 0.25) is 0 Å². The highest BCUT2D eigenvalue weighted by molar-refractivity contribution is 5.84. The molecule has 0 saturated heterocycles. The SMILES string of the molecule is CC(C)CC(NC(=O)COC(c1ccccc1)(c1ccccc1)c1ccccc1)C(=O)O. The van der Waals surface area contributed by atoms with Crippen molar-refractivity contribution in [2.75, 3.05) is 6.61 Å². The molecule has 0 bridgehead atoms. The molecule has 0 spiro atoms. The second kappa shape index (κ2) is 10.7. The standard InChI is InChI=1S/C27H29NO4/c1-20(2)18-24(26(30)31)28-25(29)19-32-27(21-12-6-3-7-13-21,22-14-8-4-9-15-22)23-16-10-5-11-17-23/h3-17,20,24H,18-19H2,1-2H3,(H,28,29)(H,30,31). The van der Waals surface area contributed by atoms with Gasteiger partial charge in [0.2, 0.25) is 5.91 Å². The number of carboxylic acid groups (broad SMARTS) is 1. The molecule has 0 aliphatic rings. The third kappa shape index (κ3) is 5.42. The molecule has 3 aromatic carbocycles. The van der Waals surface area contributed by atoms with Crippen molar-refractivity contribution in [3.63, 3.8) is 0 Å². The third-order valence-corrected chi connectivity index (χ3v) is 5.30. The maximum absolute atomic E-state index is 12.8. The van der Waals surface area contributed by atoms with Gasteiger partial charge < -0.3 is 15.2 Å². The molecule has 0 aromatic heterocycles. The van der Waals surface area contributed by atoms with Crippen LogP contribution in [-0.4, -0.2) is 29.6 Å². The first kappa shape index (κ1) is 23.2. The van der Waals surface area contributed by atoms with Gasteiger partial charge in [0, 0.05) is 0 Å². The van der Waals surface area contributed by atoms with E-state index in [4.69, 9.17) is 4.74 Å². The summed E-state index contributed by atoms with van der Waals surface area (Å²) in [5.74, 6) is -1.38. The van der Waals surface area contributed by atoms with Crippen LogP contribution < -0.4 is 5.32 Å². The van der Waals surface area contributed by atoms with Crippen molar-refractivity contribution in [2.45, 2.75) is 31.9 Å². The summed E-state index contributed by atoms with van der Waals surface area (Å²) in [5, 5.41) is 12.1. The van der Waals surface area contributed by atoms with Crippen LogP contribution >= 0.6 is 0 Å². The lowest BCUT2D eigenvalue weighted by atomic mass is 9.80. The lowest BCUT2D eigenvalue weighted by molar-refractivity contribution is -0.143. The van der Waals surface area contributed by atoms with Gasteiger partial charge in [0.05, 0.1) is 0 Å². The molecule has 5 nitrogen and oxygen atoms in total. The quantitative estimate of drug-likeness (QED) is 0.460. The van der Waals surface area contributed by atoms with Crippen LogP contribution in [-0.2, 0) is 19.9 Å². The van der Waals surface area contributed by atoms with Crippen LogP contribution in [0.4, 0.5) is 0 Å². The molecule has 0 heterocycles. The molecule has 1 amide bonds. The summed E-state index contributed by atoms with van der Waals surface area (Å²) < 4.78 is 6.43. The van der Waals surface area contributed by atoms with Crippen molar-refractivity contribution in [3.8, 4) is 0 Å². The van der Waals surface area contributed by atoms with E-state index in [1.54, 1.807) is 0 Å². The molecule has 3 rings (SSSR count). The van der Waals surface area contributed by atoms with E-state index in [0.717, 1.165) is 16.7 Å². The van der Waals surface area contributed by atoms with E-state index in [1.165, 1.54) is 0 Å². The Balaban J connectivity index is 1.98. The minimum Gasteiger partial charge on any atom is -0.480 e. The van der Waals surface area contributed by atoms with Gasteiger partial charge in [0.1, 0.15) is 18.2 Å². The average Bonchev–Trinajstić information content (AvgIpc) is 2.81. The van der Waals surface area contributed by atoms with Gasteiger partial charge in [0.15, 0.2) is 0 Å². The van der Waals surface area contributed by atoms with Gasteiger partial charge in [0.25, 0.3) is 0 Å². The van der Waals surface area contributed by atoms with Crippen molar-refractivity contribution in [1.29, 1.82) is 0 Å². The number of aliphatic carboxylic acids is 1. The molecule has 5 heteroatoms. The van der Waals surface area contributed by atoms with Crippen LogP contribution in [0.1, 0.15) is 37.0 Å². The number of rotatable bonds is 10. The predicted molar refractivity (Wildman–Crippen MR) is 124 cm³/mol. The number of nitrogens with one attached hydrogen (secondary N) is 1. The summed E-state index contributed by atoms with van der Waals surface area (Å²) in [6, 6.07) is 28.3. The molecule has 0 aliphatic heterocycles. The first-order chi connectivity index (χ1) is 15.4. The number of amides is 1. The van der Waals surface area contributed by atoms with E-state index in [0.29, 0.717) is 6.42 Å². The van der Waals surface area contributed by atoms with Crippen molar-refractivity contribution in [3.05, 3.63) is 108 Å². The molecule has 32 heavy (non-hydrogen) atoms. The van der Waals surface area contributed by atoms with Crippen LogP contribution in [0.5, 0.6) is 0 Å². The Hall–Kier alpha value is -3.44. The van der Waals surface area contributed by atoms with Crippen molar-refractivity contribution in [2.24, 2.45) is 5.92 Å². The van der Waals surface area contributed by atoms with E-state index >= 15 is 0 Å². The van der Waals surface area contributed by atoms with Gasteiger partial charge in [-0.1, -0.05) is 105 Å². The van der Waals surface area contributed by atoms with Gasteiger partial charge in [-0.15, -0.1) is 0 Å². The monoisotopic (exact) mass is 431 g/mol. The number of carboxylic acids is 1. The summed E-state index contributed by atoms with van der Waals surface area (Å²) in [5.41, 5.74) is 1.60. The Bertz CT molecular complexity index is 907. The molecule has 0 fully saturated rings. The molecule has 2 N–H and O–H groups in total. The zero-order chi connectivity index (χ0) is 23.0. The Kier molecular flexibility index (Phi) is 7.79. The van der Waals surface area contributed by atoms with Gasteiger partial charge in [-0.25, -0.2) is 4.79 Å². The maximum atomic E-state index is 12.8. The first-order valence-corrected chi connectivity index (χ1v) is 10.8. The Morgan fingerprint density at radius 1 is 0.812 bits per heavy atom. The Morgan fingerprint density at radius 3 is 1.56 bits per heavy atom. The summed E-state index contributed by atoms with van der Waals surface area (Å²) in [6.07, 6.45) is 0.349. The predicted octanol–water partition coefficient (Wildman–Crippen LogP) is 4.61. The summed E-state index contributed by atoms with van der Waals surface area (Å²) in [4.78, 5) is 24.4. The second-order valence-corrected chi connectivity index (χ2v) is 8.16. The number of hydrogen-bond donors (Lipinski definition) is 2. The highest BCUT2D eigenvalue weighted by Crippen LogP contribution is 2.40. The highest BCUT2D eigenvalue weighted by Gasteiger charge is 2.38. The molecular weight excluding hydrogens is 402 g/mol. The number of carbonyl (C=O) groups excluding carboxylic acids is 1. The van der Waals surface area contributed by atoms with Crippen LogP contribution in [0.25, 0.3) is 0 Å². The third-order valence-electron chi connectivity index (χ3n) is 5.30. The van der Waals surface area contributed by atoms with Crippen LogP contribution in [0.15, 0.2) is 91.0 Å². The topological polar surface area (TPSA) is 75.6 Å². The number of carbonyl (C=O) groups is 2. The van der Waals surface area contributed by atoms with E-state index in [-0.39, 0.29) is 12.5 Å². The Morgan fingerprint density at radius 2 is 1.22 bits per heavy atom. The molecule has 3 aromatic rings. The normalized spacial score (nSPS) is 12.3. The molecule has 0 saturated carbocycles. The van der Waals surface area contributed by atoms with E-state index < -0.39 is 23.5 Å². The summed E-state index contributed by atoms with van der Waals surface area (Å²) in [6.45, 7) is 3.55. The fourth-order valence-electron chi connectivity index (χ4n) is 3.87. The Labute approximate surface area is 189 Å². The lowest BCUT2D eigenvalue weighted by Crippen LogP contribution is -2.45. The largest absolute Gasteiger partial charge is 0.480 e. The fraction of sp³-hybridized carbons (Fsp3) is 0.259. The second-order valence-electron chi connectivity index (χ2n) is 8.16. The number of benzene rings is 3. The smallest absolute Gasteiger partial charge is 0.326 e. The highest BCUT2D eigenvalue weighted by atomic mass is 16.5. The molecule has 166 valence electrons. The minimum absolute atomic E-state index is 0.134. The van der Waals surface area contributed by atoms with Crippen LogP contribution in [0.3, 0.4) is 0 Å². The molecule has 0 aliphatic carbocycles. The van der Waals surface area contributed by atoms with Gasteiger partial charge in [-0.3, -0.25) is 4.79 Å². The lowest BCUT2D eigenvalue weighted by Gasteiger charge is -2.35. The number of ether oxygens (including phenoxy) is 1. The maximum Gasteiger partial charge on any atom is 0.326 e. The first-order valence-electron chi connectivity index (χ1n) is 10.8. The van der Waals surface area contributed by atoms with Gasteiger partial charge in [-0.05, 0) is 29.0 Å². The van der Waals surface area contributed by atoms with Crippen molar-refractivity contribution in [1.82, 2.24) is 5.32 Å². The minimum atomic E-state index is -1.05. The van der Waals surface area contributed by atoms with Gasteiger partial charge >= 0.3 is 5.97 Å². The zero-order valence-corrected chi connectivity index (χ0v) is 18.4. The summed E-state index contributed by atoms with van der Waals surface area (Å²) in [7, 11) is 0. The zero-order valence-electron chi connectivity index (χ0n) is 18.4. The molecule has 1 atom stereocenters. The molecule has 1 unspecified atom stereocenters. The van der Waals surface area contributed by atoms with E-state index in [2.05, 4.69) is 5.32 Å². The van der Waals surface area contributed by atoms with E-state index in [9.17, 15) is 14.7 Å². The fourth-order valence-corrected chi connectivity index (χ4v) is 3.87. The van der Waals surface area contributed by atoms with Gasteiger partial charge in [-0.2, -0.15) is 0 Å². The average molecular weight is 432 g/mol. The van der Waals surface area contributed by atoms with Crippen molar-refractivity contribution < 1.29 is 19.4 Å². The number of hydrogen-bond acceptors (Lipinski definition) is 3. The molecular formula is C27H29NO4. The summed E-state index contributed by atoms with van der Waals surface area (Å²) >= 11 is 0. The van der Waals surface area contributed by atoms with Crippen molar-refractivity contribution >= 4 is 11.9 Å². The molecule has 0 radical (unpaired) electrons. The van der Waals surface area contributed by atoms with Crippen LogP contribution in [0, 0.1) is 5.92 Å². The van der Waals surface area contributed by atoms with E-state index in [1.807, 2.05) is 105 Å².